The number of nitro benzene ring substituents is 1. The number of thioether (sulfide) groups is 1. The maximum absolute atomic E-state index is 13.0. The highest BCUT2D eigenvalue weighted by Crippen LogP contribution is 2.36. The van der Waals surface area contributed by atoms with E-state index in [2.05, 4.69) is 5.32 Å². The van der Waals surface area contributed by atoms with Crippen LogP contribution >= 0.6 is 11.8 Å². The Hall–Kier alpha value is -4.64. The predicted octanol–water partition coefficient (Wildman–Crippen LogP) is 5.56. The van der Waals surface area contributed by atoms with Gasteiger partial charge in [-0.2, -0.15) is 0 Å². The summed E-state index contributed by atoms with van der Waals surface area (Å²) >= 11 is 0.753. The van der Waals surface area contributed by atoms with E-state index >= 15 is 0 Å². The van der Waals surface area contributed by atoms with Gasteiger partial charge in [0.1, 0.15) is 0 Å². The number of amides is 3. The van der Waals surface area contributed by atoms with Crippen molar-refractivity contribution in [2.75, 3.05) is 18.5 Å². The molecule has 11 heteroatoms. The van der Waals surface area contributed by atoms with E-state index in [0.717, 1.165) is 22.2 Å². The van der Waals surface area contributed by atoms with Crippen molar-refractivity contribution in [2.45, 2.75) is 20.4 Å². The second-order valence-electron chi connectivity index (χ2n) is 8.44. The lowest BCUT2D eigenvalue weighted by molar-refractivity contribution is -0.385. The van der Waals surface area contributed by atoms with Crippen LogP contribution in [0.3, 0.4) is 0 Å². The maximum atomic E-state index is 13.0. The fourth-order valence-corrected chi connectivity index (χ4v) is 4.66. The number of hydrogen-bond acceptors (Lipinski definition) is 8. The first-order valence-corrected chi connectivity index (χ1v) is 12.8. The molecule has 0 atom stereocenters. The van der Waals surface area contributed by atoms with Crippen LogP contribution in [-0.4, -0.2) is 40.1 Å². The third-order valence-electron chi connectivity index (χ3n) is 5.73. The smallest absolute Gasteiger partial charge is 0.293 e. The molecule has 1 heterocycles. The molecule has 39 heavy (non-hydrogen) atoms. The first-order chi connectivity index (χ1) is 18.8. The van der Waals surface area contributed by atoms with Gasteiger partial charge in [-0.25, -0.2) is 0 Å². The van der Waals surface area contributed by atoms with Crippen molar-refractivity contribution in [3.8, 4) is 11.5 Å². The van der Waals surface area contributed by atoms with Crippen molar-refractivity contribution in [3.63, 3.8) is 0 Å². The van der Waals surface area contributed by atoms with Crippen LogP contribution in [0.2, 0.25) is 0 Å². The van der Waals surface area contributed by atoms with Gasteiger partial charge in [-0.05, 0) is 61.0 Å². The minimum Gasteiger partial charge on any atom is -0.490 e. The second-order valence-corrected chi connectivity index (χ2v) is 9.44. The summed E-state index contributed by atoms with van der Waals surface area (Å²) in [5.74, 6) is -0.162. The summed E-state index contributed by atoms with van der Waals surface area (Å²) < 4.78 is 11.4. The highest BCUT2D eigenvalue weighted by molar-refractivity contribution is 8.18. The molecule has 0 radical (unpaired) electrons. The summed E-state index contributed by atoms with van der Waals surface area (Å²) in [6, 6.07) is 18.3. The lowest BCUT2D eigenvalue weighted by atomic mass is 10.1. The first-order valence-electron chi connectivity index (χ1n) is 12.0. The van der Waals surface area contributed by atoms with Gasteiger partial charge in [0.05, 0.1) is 23.0 Å². The zero-order chi connectivity index (χ0) is 27.9. The molecule has 1 fully saturated rings. The SMILES string of the molecule is CCOc1cc(/C=C2/SC(=O)N(Cc3ccccc3[N+](=O)[O-])C2=O)ccc1OCC(=O)Nc1ccccc1C. The minimum atomic E-state index is -0.547. The number of para-hydroxylation sites is 2. The quantitative estimate of drug-likeness (QED) is 0.199. The summed E-state index contributed by atoms with van der Waals surface area (Å²) in [5.41, 5.74) is 2.30. The van der Waals surface area contributed by atoms with E-state index in [9.17, 15) is 24.5 Å². The Morgan fingerprint density at radius 2 is 1.79 bits per heavy atom. The molecular formula is C28H25N3O7S. The van der Waals surface area contributed by atoms with Crippen LogP contribution < -0.4 is 14.8 Å². The van der Waals surface area contributed by atoms with Crippen molar-refractivity contribution in [1.82, 2.24) is 4.90 Å². The van der Waals surface area contributed by atoms with Crippen molar-refractivity contribution >= 4 is 46.3 Å². The Morgan fingerprint density at radius 1 is 1.05 bits per heavy atom. The van der Waals surface area contributed by atoms with Crippen LogP contribution in [-0.2, 0) is 16.1 Å². The Balaban J connectivity index is 1.47. The standard InChI is InChI=1S/C28H25N3O7S/c1-3-37-24-14-19(12-13-23(24)38-17-26(32)29-21-10-6-4-8-18(21)2)15-25-27(33)30(28(34)39-25)16-20-9-5-7-11-22(20)31(35)36/h4-15H,3,16-17H2,1-2H3,(H,29,32)/b25-15+. The number of benzene rings is 3. The van der Waals surface area contributed by atoms with E-state index in [0.29, 0.717) is 29.4 Å². The van der Waals surface area contributed by atoms with E-state index < -0.39 is 16.1 Å². The highest BCUT2D eigenvalue weighted by atomic mass is 32.2. The Bertz CT molecular complexity index is 1470. The molecule has 3 aromatic rings. The van der Waals surface area contributed by atoms with Gasteiger partial charge in [-0.15, -0.1) is 0 Å². The van der Waals surface area contributed by atoms with Gasteiger partial charge in [-0.3, -0.25) is 29.4 Å². The lowest BCUT2D eigenvalue weighted by Crippen LogP contribution is -2.27. The van der Waals surface area contributed by atoms with Gasteiger partial charge in [0, 0.05) is 17.3 Å². The summed E-state index contributed by atoms with van der Waals surface area (Å²) in [6.45, 7) is 3.58. The zero-order valence-electron chi connectivity index (χ0n) is 21.2. The number of nitro groups is 1. The molecule has 0 aliphatic carbocycles. The summed E-state index contributed by atoms with van der Waals surface area (Å²) in [5, 5.41) is 13.6. The average molecular weight is 548 g/mol. The van der Waals surface area contributed by atoms with E-state index in [4.69, 9.17) is 9.47 Å². The number of aryl methyl sites for hydroxylation is 1. The number of nitrogens with zero attached hydrogens (tertiary/aromatic N) is 2. The third-order valence-corrected chi connectivity index (χ3v) is 6.64. The van der Waals surface area contributed by atoms with Crippen LogP contribution in [0.1, 0.15) is 23.6 Å². The van der Waals surface area contributed by atoms with Crippen molar-refractivity contribution in [3.05, 3.63) is 98.4 Å². The number of hydrogen-bond donors (Lipinski definition) is 1. The molecule has 0 aromatic heterocycles. The number of ether oxygens (including phenoxy) is 2. The van der Waals surface area contributed by atoms with Crippen LogP contribution in [0.25, 0.3) is 6.08 Å². The molecule has 3 amide bonds. The van der Waals surface area contributed by atoms with Crippen LogP contribution in [0.4, 0.5) is 16.2 Å². The zero-order valence-corrected chi connectivity index (χ0v) is 22.0. The number of imide groups is 1. The molecule has 4 rings (SSSR count). The molecule has 200 valence electrons. The van der Waals surface area contributed by atoms with Gasteiger partial charge >= 0.3 is 0 Å². The van der Waals surface area contributed by atoms with Gasteiger partial charge in [0.15, 0.2) is 18.1 Å². The molecule has 1 aliphatic rings. The van der Waals surface area contributed by atoms with Crippen LogP contribution in [0, 0.1) is 17.0 Å². The summed E-state index contributed by atoms with van der Waals surface area (Å²) in [6.07, 6.45) is 1.54. The van der Waals surface area contributed by atoms with Crippen molar-refractivity contribution in [2.24, 2.45) is 0 Å². The molecule has 1 saturated heterocycles. The van der Waals surface area contributed by atoms with Gasteiger partial charge in [0.25, 0.3) is 22.7 Å². The number of rotatable bonds is 10. The largest absolute Gasteiger partial charge is 0.490 e. The van der Waals surface area contributed by atoms with E-state index in [-0.39, 0.29) is 35.2 Å². The maximum Gasteiger partial charge on any atom is 0.293 e. The second kappa shape index (κ2) is 12.3. The summed E-state index contributed by atoms with van der Waals surface area (Å²) in [7, 11) is 0. The van der Waals surface area contributed by atoms with Crippen LogP contribution in [0.5, 0.6) is 11.5 Å². The van der Waals surface area contributed by atoms with Gasteiger partial charge in [0.2, 0.25) is 0 Å². The molecular weight excluding hydrogens is 522 g/mol. The molecule has 0 bridgehead atoms. The Kier molecular flexibility index (Phi) is 8.62. The number of carbonyl (C=O) groups is 3. The normalized spacial score (nSPS) is 14.0. The fraction of sp³-hybridized carbons (Fsp3) is 0.179. The molecule has 3 aromatic carbocycles. The van der Waals surface area contributed by atoms with Gasteiger partial charge < -0.3 is 14.8 Å². The molecule has 0 unspecified atom stereocenters. The minimum absolute atomic E-state index is 0.162. The molecule has 1 aliphatic heterocycles. The average Bonchev–Trinajstić information content (AvgIpc) is 3.17. The summed E-state index contributed by atoms with van der Waals surface area (Å²) in [4.78, 5) is 49.9. The number of nitrogens with one attached hydrogen (secondary N) is 1. The monoisotopic (exact) mass is 547 g/mol. The van der Waals surface area contributed by atoms with Crippen molar-refractivity contribution < 1.29 is 28.8 Å². The molecule has 0 spiro atoms. The van der Waals surface area contributed by atoms with E-state index in [1.807, 2.05) is 25.1 Å². The lowest BCUT2D eigenvalue weighted by Gasteiger charge is -2.13. The van der Waals surface area contributed by atoms with Crippen LogP contribution in [0.15, 0.2) is 71.6 Å². The molecule has 10 nitrogen and oxygen atoms in total. The number of carbonyl (C=O) groups excluding carboxylic acids is 3. The number of anilines is 1. The predicted molar refractivity (Wildman–Crippen MR) is 148 cm³/mol. The van der Waals surface area contributed by atoms with Crippen molar-refractivity contribution in [1.29, 1.82) is 0 Å². The molecule has 0 saturated carbocycles. The Morgan fingerprint density at radius 3 is 2.54 bits per heavy atom. The topological polar surface area (TPSA) is 128 Å². The van der Waals surface area contributed by atoms with Gasteiger partial charge in [-0.1, -0.05) is 42.5 Å². The fourth-order valence-electron chi connectivity index (χ4n) is 3.83. The van der Waals surface area contributed by atoms with E-state index in [1.54, 1.807) is 43.3 Å². The third kappa shape index (κ3) is 6.63. The first kappa shape index (κ1) is 27.4. The highest BCUT2D eigenvalue weighted by Gasteiger charge is 2.36. The molecule has 1 N–H and O–H groups in total. The Labute approximate surface area is 228 Å². The van der Waals surface area contributed by atoms with E-state index in [1.165, 1.54) is 18.2 Å².